The summed E-state index contributed by atoms with van der Waals surface area (Å²) < 4.78 is 5.50. The molecule has 1 unspecified atom stereocenters. The third kappa shape index (κ3) is 7.32. The maximum Gasteiger partial charge on any atom is 0.238 e. The van der Waals surface area contributed by atoms with Crippen molar-refractivity contribution in [2.75, 3.05) is 32.1 Å². The molecule has 0 spiro atoms. The van der Waals surface area contributed by atoms with Gasteiger partial charge in [0.1, 0.15) is 0 Å². The molecule has 0 heterocycles. The zero-order valence-corrected chi connectivity index (χ0v) is 16.0. The Morgan fingerprint density at radius 1 is 1.19 bits per heavy atom. The van der Waals surface area contributed by atoms with E-state index in [9.17, 15) is 9.90 Å². The van der Waals surface area contributed by atoms with E-state index in [1.54, 1.807) is 30.1 Å². The van der Waals surface area contributed by atoms with E-state index in [-0.39, 0.29) is 19.1 Å². The van der Waals surface area contributed by atoms with E-state index >= 15 is 0 Å². The fourth-order valence-corrected chi connectivity index (χ4v) is 2.68. The quantitative estimate of drug-likeness (QED) is 0.681. The van der Waals surface area contributed by atoms with Crippen LogP contribution in [0.25, 0.3) is 0 Å². The van der Waals surface area contributed by atoms with Gasteiger partial charge in [0.2, 0.25) is 5.91 Å². The first-order valence-corrected chi connectivity index (χ1v) is 8.93. The molecule has 0 saturated heterocycles. The molecule has 0 aliphatic carbocycles. The number of anilines is 1. The van der Waals surface area contributed by atoms with E-state index in [1.165, 1.54) is 0 Å². The van der Waals surface area contributed by atoms with Gasteiger partial charge in [-0.25, -0.2) is 0 Å². The summed E-state index contributed by atoms with van der Waals surface area (Å²) in [5.41, 5.74) is 1.62. The van der Waals surface area contributed by atoms with Crippen molar-refractivity contribution in [1.82, 2.24) is 4.90 Å². The lowest BCUT2D eigenvalue weighted by Crippen LogP contribution is -2.37. The van der Waals surface area contributed by atoms with Gasteiger partial charge in [0, 0.05) is 12.2 Å². The number of benzene rings is 2. The van der Waals surface area contributed by atoms with Crippen molar-refractivity contribution in [2.45, 2.75) is 12.7 Å². The van der Waals surface area contributed by atoms with Gasteiger partial charge in [-0.3, -0.25) is 9.69 Å². The number of ether oxygens (including phenoxy) is 1. The molecule has 2 N–H and O–H groups in total. The molecule has 2 aromatic rings. The van der Waals surface area contributed by atoms with Crippen LogP contribution in [0.3, 0.4) is 0 Å². The van der Waals surface area contributed by atoms with Crippen LogP contribution in [0.1, 0.15) is 5.56 Å². The number of hydrogen-bond acceptors (Lipinski definition) is 4. The Balaban J connectivity index is 1.68. The van der Waals surface area contributed by atoms with Crippen molar-refractivity contribution in [3.05, 3.63) is 64.1 Å². The topological polar surface area (TPSA) is 61.8 Å². The van der Waals surface area contributed by atoms with Crippen LogP contribution in [-0.4, -0.2) is 48.8 Å². The summed E-state index contributed by atoms with van der Waals surface area (Å²) in [6.45, 7) is 1.10. The molecule has 5 nitrogen and oxygen atoms in total. The predicted octanol–water partition coefficient (Wildman–Crippen LogP) is 3.44. The SMILES string of the molecule is CN(CC(=O)Nc1ccc(Cl)c(Cl)c1)CC(O)COCc1ccccc1. The minimum Gasteiger partial charge on any atom is -0.389 e. The molecule has 0 radical (unpaired) electrons. The maximum absolute atomic E-state index is 12.1. The second-order valence-electron chi connectivity index (χ2n) is 6.03. The minimum absolute atomic E-state index is 0.135. The van der Waals surface area contributed by atoms with Gasteiger partial charge in [-0.1, -0.05) is 53.5 Å². The monoisotopic (exact) mass is 396 g/mol. The molecule has 0 fully saturated rings. The van der Waals surface area contributed by atoms with E-state index in [4.69, 9.17) is 27.9 Å². The molecule has 7 heteroatoms. The van der Waals surface area contributed by atoms with Crippen molar-refractivity contribution in [2.24, 2.45) is 0 Å². The molecule has 0 aliphatic heterocycles. The van der Waals surface area contributed by atoms with Crippen LogP contribution in [0, 0.1) is 0 Å². The number of nitrogens with one attached hydrogen (secondary N) is 1. The smallest absolute Gasteiger partial charge is 0.238 e. The first-order valence-electron chi connectivity index (χ1n) is 8.17. The molecule has 2 aromatic carbocycles. The highest BCUT2D eigenvalue weighted by molar-refractivity contribution is 6.42. The number of hydrogen-bond donors (Lipinski definition) is 2. The van der Waals surface area contributed by atoms with E-state index in [1.807, 2.05) is 30.3 Å². The van der Waals surface area contributed by atoms with Gasteiger partial charge in [-0.2, -0.15) is 0 Å². The van der Waals surface area contributed by atoms with Gasteiger partial charge in [0.05, 0.1) is 35.9 Å². The number of carbonyl (C=O) groups is 1. The van der Waals surface area contributed by atoms with Crippen LogP contribution in [0.4, 0.5) is 5.69 Å². The lowest BCUT2D eigenvalue weighted by Gasteiger charge is -2.20. The minimum atomic E-state index is -0.679. The number of halogens is 2. The highest BCUT2D eigenvalue weighted by Gasteiger charge is 2.12. The second kappa shape index (κ2) is 10.5. The number of carbonyl (C=O) groups excluding carboxylic acids is 1. The van der Waals surface area contributed by atoms with Crippen LogP contribution >= 0.6 is 23.2 Å². The Morgan fingerprint density at radius 2 is 1.92 bits per heavy atom. The number of aliphatic hydroxyl groups excluding tert-OH is 1. The number of aliphatic hydroxyl groups is 1. The van der Waals surface area contributed by atoms with E-state index < -0.39 is 6.10 Å². The van der Waals surface area contributed by atoms with Crippen molar-refractivity contribution in [3.8, 4) is 0 Å². The number of nitrogens with zero attached hydrogens (tertiary/aromatic N) is 1. The highest BCUT2D eigenvalue weighted by atomic mass is 35.5. The molecule has 2 rings (SSSR count). The molecular formula is C19H22Cl2N2O3. The van der Waals surface area contributed by atoms with E-state index in [0.717, 1.165) is 5.56 Å². The first kappa shape index (κ1) is 20.7. The second-order valence-corrected chi connectivity index (χ2v) is 6.84. The number of rotatable bonds is 9. The zero-order valence-electron chi connectivity index (χ0n) is 14.5. The van der Waals surface area contributed by atoms with Crippen molar-refractivity contribution < 1.29 is 14.6 Å². The van der Waals surface area contributed by atoms with Crippen LogP contribution in [-0.2, 0) is 16.1 Å². The van der Waals surface area contributed by atoms with Crippen molar-refractivity contribution in [1.29, 1.82) is 0 Å². The molecule has 140 valence electrons. The lowest BCUT2D eigenvalue weighted by molar-refractivity contribution is -0.117. The largest absolute Gasteiger partial charge is 0.389 e. The van der Waals surface area contributed by atoms with Gasteiger partial charge in [-0.05, 0) is 30.8 Å². The van der Waals surface area contributed by atoms with E-state index in [2.05, 4.69) is 5.32 Å². The standard InChI is InChI=1S/C19H22Cl2N2O3/c1-23(10-16(24)13-26-12-14-5-3-2-4-6-14)11-19(25)22-15-7-8-17(20)18(21)9-15/h2-9,16,24H,10-13H2,1H3,(H,22,25). The molecular weight excluding hydrogens is 375 g/mol. The van der Waals surface area contributed by atoms with Gasteiger partial charge in [0.15, 0.2) is 0 Å². The Labute approximate surface area is 163 Å². The Kier molecular flexibility index (Phi) is 8.35. The summed E-state index contributed by atoms with van der Waals surface area (Å²) in [6.07, 6.45) is -0.679. The maximum atomic E-state index is 12.1. The molecule has 0 aliphatic rings. The summed E-state index contributed by atoms with van der Waals surface area (Å²) in [5.74, 6) is -0.205. The van der Waals surface area contributed by atoms with Crippen molar-refractivity contribution in [3.63, 3.8) is 0 Å². The Hall–Kier alpha value is -1.63. The van der Waals surface area contributed by atoms with Crippen LogP contribution < -0.4 is 5.32 Å². The Bertz CT molecular complexity index is 713. The molecule has 26 heavy (non-hydrogen) atoms. The normalized spacial score (nSPS) is 12.2. The summed E-state index contributed by atoms with van der Waals surface area (Å²) in [4.78, 5) is 13.8. The third-order valence-electron chi connectivity index (χ3n) is 3.56. The summed E-state index contributed by atoms with van der Waals surface area (Å²) in [6, 6.07) is 14.6. The molecule has 0 bridgehead atoms. The van der Waals surface area contributed by atoms with Gasteiger partial charge in [-0.15, -0.1) is 0 Å². The van der Waals surface area contributed by atoms with Gasteiger partial charge < -0.3 is 15.2 Å². The fourth-order valence-electron chi connectivity index (χ4n) is 2.38. The van der Waals surface area contributed by atoms with Crippen LogP contribution in [0.15, 0.2) is 48.5 Å². The molecule has 1 amide bonds. The summed E-state index contributed by atoms with van der Waals surface area (Å²) in [7, 11) is 1.76. The van der Waals surface area contributed by atoms with Gasteiger partial charge >= 0.3 is 0 Å². The fraction of sp³-hybridized carbons (Fsp3) is 0.316. The van der Waals surface area contributed by atoms with Gasteiger partial charge in [0.25, 0.3) is 0 Å². The van der Waals surface area contributed by atoms with Crippen LogP contribution in [0.5, 0.6) is 0 Å². The number of amides is 1. The predicted molar refractivity (Wildman–Crippen MR) is 105 cm³/mol. The summed E-state index contributed by atoms with van der Waals surface area (Å²) >= 11 is 11.8. The highest BCUT2D eigenvalue weighted by Crippen LogP contribution is 2.24. The van der Waals surface area contributed by atoms with Crippen LogP contribution in [0.2, 0.25) is 10.0 Å². The average molecular weight is 397 g/mol. The average Bonchev–Trinajstić information content (AvgIpc) is 2.59. The third-order valence-corrected chi connectivity index (χ3v) is 4.30. The summed E-state index contributed by atoms with van der Waals surface area (Å²) in [5, 5.41) is 13.6. The zero-order chi connectivity index (χ0) is 18.9. The number of likely N-dealkylation sites (N-methyl/N-ethyl adjacent to an activating group) is 1. The van der Waals surface area contributed by atoms with E-state index in [0.29, 0.717) is 28.9 Å². The molecule has 0 aromatic heterocycles. The Morgan fingerprint density at radius 3 is 2.62 bits per heavy atom. The molecule has 1 atom stereocenters. The molecule has 0 saturated carbocycles. The lowest BCUT2D eigenvalue weighted by atomic mass is 10.2. The first-order chi connectivity index (χ1) is 12.4. The van der Waals surface area contributed by atoms with Crippen molar-refractivity contribution >= 4 is 34.8 Å².